The van der Waals surface area contributed by atoms with E-state index in [0.29, 0.717) is 36.1 Å². The van der Waals surface area contributed by atoms with Gasteiger partial charge in [0.25, 0.3) is 5.91 Å². The van der Waals surface area contributed by atoms with E-state index in [4.69, 9.17) is 19.0 Å². The van der Waals surface area contributed by atoms with Gasteiger partial charge in [-0.05, 0) is 55.3 Å². The minimum absolute atomic E-state index is 0.335. The van der Waals surface area contributed by atoms with Gasteiger partial charge in [0.1, 0.15) is 11.7 Å². The van der Waals surface area contributed by atoms with Gasteiger partial charge in [-0.2, -0.15) is 0 Å². The van der Waals surface area contributed by atoms with E-state index in [1.165, 1.54) is 4.90 Å². The number of rotatable bonds is 10. The first-order valence-electron chi connectivity index (χ1n) is 13.0. The fourth-order valence-electron chi connectivity index (χ4n) is 5.02. The lowest BCUT2D eigenvalue weighted by molar-refractivity contribution is -0.126. The van der Waals surface area contributed by atoms with Crippen molar-refractivity contribution in [3.8, 4) is 17.2 Å². The van der Waals surface area contributed by atoms with E-state index < -0.39 is 24.0 Å². The fraction of sp³-hybridized carbons (Fsp3) is 0.333. The van der Waals surface area contributed by atoms with Crippen molar-refractivity contribution in [2.75, 3.05) is 30.3 Å². The molecule has 5 rings (SSSR count). The summed E-state index contributed by atoms with van der Waals surface area (Å²) in [5.41, 5.74) is 1.95. The van der Waals surface area contributed by atoms with Crippen molar-refractivity contribution in [3.05, 3.63) is 78.4 Å². The van der Waals surface area contributed by atoms with Crippen molar-refractivity contribution in [2.45, 2.75) is 38.8 Å². The summed E-state index contributed by atoms with van der Waals surface area (Å²) < 4.78 is 17.3. The van der Waals surface area contributed by atoms with Crippen molar-refractivity contribution < 1.29 is 28.6 Å². The normalized spacial score (nSPS) is 20.6. The van der Waals surface area contributed by atoms with Crippen LogP contribution in [0.15, 0.2) is 72.8 Å². The van der Waals surface area contributed by atoms with Crippen LogP contribution in [0.3, 0.4) is 0 Å². The van der Waals surface area contributed by atoms with Crippen LogP contribution in [0.2, 0.25) is 0 Å². The highest BCUT2D eigenvalue weighted by molar-refractivity contribution is 6.24. The summed E-state index contributed by atoms with van der Waals surface area (Å²) in [7, 11) is 1.59. The van der Waals surface area contributed by atoms with Crippen LogP contribution < -0.4 is 24.2 Å². The second-order valence-corrected chi connectivity index (χ2v) is 9.18. The standard InChI is InChI=1S/C30H32N2O6/c1-4-6-18-37-24-17-16-20(19-25(24)35-3)27-26-28(38-32(27)21-12-8-7-9-13-21)30(34)31(29(26)33)22-14-10-11-15-23(22)36-5-2/h7-17,19,26-28H,4-6,18H2,1-3H3/t26-,27-,28-/m0/s1. The molecule has 3 atom stereocenters. The molecule has 2 aliphatic heterocycles. The van der Waals surface area contributed by atoms with Gasteiger partial charge in [-0.3, -0.25) is 14.4 Å². The highest BCUT2D eigenvalue weighted by Crippen LogP contribution is 2.49. The summed E-state index contributed by atoms with van der Waals surface area (Å²) >= 11 is 0. The van der Waals surface area contributed by atoms with E-state index in [1.807, 2.05) is 61.5 Å². The Hall–Kier alpha value is -4.04. The lowest BCUT2D eigenvalue weighted by atomic mass is 9.90. The SMILES string of the molecule is CCCCOc1ccc([C@H]2[C@@H]3C(=O)N(c4ccccc4OCC)C(=O)[C@H]3ON2c2ccccc2)cc1OC. The molecule has 2 aliphatic rings. The minimum atomic E-state index is -0.978. The Kier molecular flexibility index (Phi) is 7.51. The monoisotopic (exact) mass is 516 g/mol. The smallest absolute Gasteiger partial charge is 0.266 e. The number of ether oxygens (including phenoxy) is 3. The molecule has 0 radical (unpaired) electrons. The number of imide groups is 1. The second-order valence-electron chi connectivity index (χ2n) is 9.18. The average molecular weight is 517 g/mol. The van der Waals surface area contributed by atoms with Gasteiger partial charge < -0.3 is 14.2 Å². The first kappa shape index (κ1) is 25.6. The number of carbonyl (C=O) groups is 2. The molecule has 2 amide bonds. The molecule has 0 bridgehead atoms. The Balaban J connectivity index is 1.55. The molecule has 0 saturated carbocycles. The maximum Gasteiger partial charge on any atom is 0.266 e. The van der Waals surface area contributed by atoms with E-state index in [0.717, 1.165) is 24.1 Å². The summed E-state index contributed by atoms with van der Waals surface area (Å²) in [5.74, 6) is 0.148. The van der Waals surface area contributed by atoms with Crippen molar-refractivity contribution in [3.63, 3.8) is 0 Å². The van der Waals surface area contributed by atoms with Crippen molar-refractivity contribution in [1.82, 2.24) is 0 Å². The molecule has 8 nitrogen and oxygen atoms in total. The predicted molar refractivity (Wildman–Crippen MR) is 144 cm³/mol. The summed E-state index contributed by atoms with van der Waals surface area (Å²) in [6.45, 7) is 4.96. The van der Waals surface area contributed by atoms with Crippen molar-refractivity contribution in [1.29, 1.82) is 0 Å². The molecule has 0 N–H and O–H groups in total. The third kappa shape index (κ3) is 4.56. The number of methoxy groups -OCH3 is 1. The summed E-state index contributed by atoms with van der Waals surface area (Å²) in [5, 5.41) is 1.67. The topological polar surface area (TPSA) is 77.5 Å². The molecule has 38 heavy (non-hydrogen) atoms. The molecule has 0 unspecified atom stereocenters. The number of para-hydroxylation sites is 3. The number of fused-ring (bicyclic) bond motifs is 1. The van der Waals surface area contributed by atoms with Crippen molar-refractivity contribution >= 4 is 23.2 Å². The van der Waals surface area contributed by atoms with Crippen molar-refractivity contribution in [2.24, 2.45) is 5.92 Å². The van der Waals surface area contributed by atoms with E-state index in [2.05, 4.69) is 6.92 Å². The second kappa shape index (κ2) is 11.1. The van der Waals surface area contributed by atoms with E-state index in [-0.39, 0.29) is 5.91 Å². The molecular weight excluding hydrogens is 484 g/mol. The molecule has 2 fully saturated rings. The van der Waals surface area contributed by atoms with Gasteiger partial charge in [-0.25, -0.2) is 9.96 Å². The molecule has 3 aromatic carbocycles. The molecule has 3 aromatic rings. The zero-order valence-electron chi connectivity index (χ0n) is 21.8. The zero-order chi connectivity index (χ0) is 26.6. The van der Waals surface area contributed by atoms with Gasteiger partial charge >= 0.3 is 0 Å². The van der Waals surface area contributed by atoms with Crippen LogP contribution in [-0.2, 0) is 14.4 Å². The Morgan fingerprint density at radius 1 is 0.842 bits per heavy atom. The van der Waals surface area contributed by atoms with Gasteiger partial charge in [-0.1, -0.05) is 49.7 Å². The number of nitrogens with zero attached hydrogens (tertiary/aromatic N) is 2. The van der Waals surface area contributed by atoms with Crippen LogP contribution in [0, 0.1) is 5.92 Å². The number of hydroxylamine groups is 1. The Bertz CT molecular complexity index is 1300. The van der Waals surface area contributed by atoms with E-state index in [9.17, 15) is 9.59 Å². The third-order valence-electron chi connectivity index (χ3n) is 6.82. The lowest BCUT2D eigenvalue weighted by Gasteiger charge is -2.29. The van der Waals surface area contributed by atoms with E-state index in [1.54, 1.807) is 30.4 Å². The van der Waals surface area contributed by atoms with Gasteiger partial charge in [0, 0.05) is 0 Å². The largest absolute Gasteiger partial charge is 0.493 e. The van der Waals surface area contributed by atoms with Gasteiger partial charge in [0.15, 0.2) is 17.6 Å². The number of benzene rings is 3. The molecule has 198 valence electrons. The molecule has 0 aliphatic carbocycles. The molecule has 8 heteroatoms. The van der Waals surface area contributed by atoms with Crippen LogP contribution in [0.4, 0.5) is 11.4 Å². The number of unbranched alkanes of at least 4 members (excludes halogenated alkanes) is 1. The highest BCUT2D eigenvalue weighted by Gasteiger charge is 2.60. The highest BCUT2D eigenvalue weighted by atomic mass is 16.7. The first-order valence-corrected chi connectivity index (χ1v) is 13.0. The fourth-order valence-corrected chi connectivity index (χ4v) is 5.02. The molecule has 0 aromatic heterocycles. The lowest BCUT2D eigenvalue weighted by Crippen LogP contribution is -2.37. The summed E-state index contributed by atoms with van der Waals surface area (Å²) in [6.07, 6.45) is 0.977. The van der Waals surface area contributed by atoms with Gasteiger partial charge in [0.05, 0.1) is 37.7 Å². The summed E-state index contributed by atoms with van der Waals surface area (Å²) in [6, 6.07) is 21.6. The Morgan fingerprint density at radius 2 is 1.61 bits per heavy atom. The first-order chi connectivity index (χ1) is 18.6. The van der Waals surface area contributed by atoms with E-state index >= 15 is 0 Å². The Labute approximate surface area is 222 Å². The zero-order valence-corrected chi connectivity index (χ0v) is 21.8. The van der Waals surface area contributed by atoms with Crippen LogP contribution in [0.5, 0.6) is 17.2 Å². The maximum atomic E-state index is 14.0. The molecule has 0 spiro atoms. The number of amides is 2. The number of hydrogen-bond acceptors (Lipinski definition) is 7. The van der Waals surface area contributed by atoms with Crippen LogP contribution in [-0.4, -0.2) is 38.2 Å². The quantitative estimate of drug-likeness (QED) is 0.266. The molecule has 2 heterocycles. The molecule has 2 saturated heterocycles. The third-order valence-corrected chi connectivity index (χ3v) is 6.82. The molecular formula is C30H32N2O6. The van der Waals surface area contributed by atoms with Crippen LogP contribution in [0.25, 0.3) is 0 Å². The number of hydrogen-bond donors (Lipinski definition) is 0. The number of carbonyl (C=O) groups excluding carboxylic acids is 2. The predicted octanol–water partition coefficient (Wildman–Crippen LogP) is 5.32. The van der Waals surface area contributed by atoms with Crippen LogP contribution >= 0.6 is 0 Å². The maximum absolute atomic E-state index is 14.0. The van der Waals surface area contributed by atoms with Gasteiger partial charge in [0.2, 0.25) is 5.91 Å². The van der Waals surface area contributed by atoms with Gasteiger partial charge in [-0.15, -0.1) is 0 Å². The average Bonchev–Trinajstić information content (AvgIpc) is 3.45. The Morgan fingerprint density at radius 3 is 2.34 bits per heavy atom. The summed E-state index contributed by atoms with van der Waals surface area (Å²) in [4.78, 5) is 35.2. The minimum Gasteiger partial charge on any atom is -0.493 e. The number of anilines is 2. The van der Waals surface area contributed by atoms with Crippen LogP contribution in [0.1, 0.15) is 38.3 Å².